The highest BCUT2D eigenvalue weighted by atomic mass is 32.2. The number of thiocarbonyl (C=S) groups is 1. The van der Waals surface area contributed by atoms with Crippen LogP contribution >= 0.6 is 24.0 Å². The summed E-state index contributed by atoms with van der Waals surface area (Å²) in [7, 11) is 0. The maximum Gasteiger partial charge on any atom is 0.267 e. The molecular formula is C21H29N3OS2. The minimum atomic E-state index is 0.0436. The summed E-state index contributed by atoms with van der Waals surface area (Å²) >= 11 is 6.92. The second-order valence-electron chi connectivity index (χ2n) is 7.05. The first-order chi connectivity index (χ1) is 13.1. The third kappa shape index (κ3) is 5.12. The van der Waals surface area contributed by atoms with E-state index in [9.17, 15) is 4.79 Å². The molecule has 0 aliphatic carbocycles. The summed E-state index contributed by atoms with van der Waals surface area (Å²) in [6.07, 6.45) is 6.97. The Bertz CT molecular complexity index is 690. The Hall–Kier alpha value is -1.37. The molecule has 2 aliphatic heterocycles. The van der Waals surface area contributed by atoms with Crippen LogP contribution in [-0.4, -0.2) is 52.9 Å². The van der Waals surface area contributed by atoms with Crippen LogP contribution in [0.2, 0.25) is 0 Å². The maximum absolute atomic E-state index is 12.9. The molecule has 1 aromatic rings. The number of hydrogen-bond acceptors (Lipinski definition) is 5. The van der Waals surface area contributed by atoms with Crippen LogP contribution in [0.5, 0.6) is 0 Å². The lowest BCUT2D eigenvalue weighted by atomic mass is 10.1. The molecule has 0 bridgehead atoms. The minimum absolute atomic E-state index is 0.0436. The van der Waals surface area contributed by atoms with E-state index in [1.807, 2.05) is 6.08 Å². The third-order valence-electron chi connectivity index (χ3n) is 5.23. The second kappa shape index (κ2) is 9.71. The fraction of sp³-hybridized carbons (Fsp3) is 0.524. The summed E-state index contributed by atoms with van der Waals surface area (Å²) in [4.78, 5) is 20.0. The molecule has 2 saturated heterocycles. The molecule has 2 fully saturated rings. The number of hydrogen-bond donors (Lipinski definition) is 0. The first-order valence-electron chi connectivity index (χ1n) is 9.95. The van der Waals surface area contributed by atoms with Gasteiger partial charge in [-0.25, -0.2) is 0 Å². The molecule has 0 radical (unpaired) electrons. The van der Waals surface area contributed by atoms with Gasteiger partial charge in [0.05, 0.1) is 11.6 Å². The molecule has 27 heavy (non-hydrogen) atoms. The van der Waals surface area contributed by atoms with Crippen molar-refractivity contribution in [2.75, 3.05) is 37.7 Å². The minimum Gasteiger partial charge on any atom is -0.372 e. The molecule has 3 rings (SSSR count). The van der Waals surface area contributed by atoms with Gasteiger partial charge < -0.3 is 4.90 Å². The van der Waals surface area contributed by atoms with Crippen molar-refractivity contribution < 1.29 is 4.79 Å². The van der Waals surface area contributed by atoms with Crippen molar-refractivity contribution in [3.05, 3.63) is 34.7 Å². The van der Waals surface area contributed by atoms with Gasteiger partial charge in [0.1, 0.15) is 4.32 Å². The molecule has 1 aromatic carbocycles. The number of benzene rings is 1. The molecule has 2 aliphatic rings. The van der Waals surface area contributed by atoms with Crippen molar-refractivity contribution in [1.82, 2.24) is 9.80 Å². The summed E-state index contributed by atoms with van der Waals surface area (Å²) in [6, 6.07) is 8.40. The monoisotopic (exact) mass is 403 g/mol. The number of amides is 1. The van der Waals surface area contributed by atoms with Gasteiger partial charge in [-0.05, 0) is 63.6 Å². The number of rotatable bonds is 6. The highest BCUT2D eigenvalue weighted by Gasteiger charge is 2.33. The van der Waals surface area contributed by atoms with E-state index in [2.05, 4.69) is 47.9 Å². The van der Waals surface area contributed by atoms with Crippen molar-refractivity contribution in [3.8, 4) is 0 Å². The van der Waals surface area contributed by atoms with Crippen molar-refractivity contribution in [2.24, 2.45) is 0 Å². The molecule has 0 atom stereocenters. The van der Waals surface area contributed by atoms with E-state index in [1.165, 1.54) is 43.1 Å². The van der Waals surface area contributed by atoms with E-state index in [-0.39, 0.29) is 5.91 Å². The third-order valence-corrected chi connectivity index (χ3v) is 6.61. The normalized spacial score (nSPS) is 20.4. The molecule has 0 spiro atoms. The van der Waals surface area contributed by atoms with Crippen LogP contribution in [0.4, 0.5) is 5.69 Å². The topological polar surface area (TPSA) is 26.8 Å². The fourth-order valence-electron chi connectivity index (χ4n) is 3.62. The predicted molar refractivity (Wildman–Crippen MR) is 120 cm³/mol. The number of carbonyl (C=O) groups is 1. The van der Waals surface area contributed by atoms with Crippen molar-refractivity contribution in [1.29, 1.82) is 0 Å². The fourth-order valence-corrected chi connectivity index (χ4v) is 4.86. The Balaban J connectivity index is 1.68. The van der Waals surface area contributed by atoms with Gasteiger partial charge in [-0.2, -0.15) is 0 Å². The van der Waals surface area contributed by atoms with Crippen LogP contribution in [0.25, 0.3) is 6.08 Å². The van der Waals surface area contributed by atoms with Crippen molar-refractivity contribution >= 4 is 46.0 Å². The molecule has 146 valence electrons. The van der Waals surface area contributed by atoms with Gasteiger partial charge in [-0.1, -0.05) is 49.0 Å². The summed E-state index contributed by atoms with van der Waals surface area (Å²) in [5.74, 6) is 0.0436. The van der Waals surface area contributed by atoms with Crippen molar-refractivity contribution in [2.45, 2.75) is 39.5 Å². The molecule has 0 N–H and O–H groups in total. The van der Waals surface area contributed by atoms with Crippen LogP contribution in [0, 0.1) is 0 Å². The van der Waals surface area contributed by atoms with Gasteiger partial charge in [-0.15, -0.1) is 0 Å². The Morgan fingerprint density at radius 1 is 1.07 bits per heavy atom. The van der Waals surface area contributed by atoms with Gasteiger partial charge in [0, 0.05) is 18.8 Å². The van der Waals surface area contributed by atoms with Crippen LogP contribution in [-0.2, 0) is 4.79 Å². The Morgan fingerprint density at radius 3 is 2.30 bits per heavy atom. The van der Waals surface area contributed by atoms with Gasteiger partial charge in [0.2, 0.25) is 0 Å². The molecule has 1 amide bonds. The smallest absolute Gasteiger partial charge is 0.267 e. The average molecular weight is 404 g/mol. The first-order valence-corrected chi connectivity index (χ1v) is 11.2. The van der Waals surface area contributed by atoms with E-state index in [0.717, 1.165) is 36.6 Å². The zero-order valence-electron chi connectivity index (χ0n) is 16.3. The Kier molecular flexibility index (Phi) is 7.33. The zero-order chi connectivity index (χ0) is 19.2. The summed E-state index contributed by atoms with van der Waals surface area (Å²) < 4.78 is 0.676. The number of nitrogens with zero attached hydrogens (tertiary/aromatic N) is 3. The molecule has 4 nitrogen and oxygen atoms in total. The Morgan fingerprint density at radius 2 is 1.70 bits per heavy atom. The molecule has 2 heterocycles. The first kappa shape index (κ1) is 20.4. The van der Waals surface area contributed by atoms with Gasteiger partial charge in [0.15, 0.2) is 0 Å². The largest absolute Gasteiger partial charge is 0.372 e. The standard InChI is InChI=1S/C21H29N3OS2/c1-3-23(4-2)18-11-9-17(10-12-18)15-19-20(25)24(21(26)27-19)16-22-13-7-5-6-8-14-22/h9-12,15H,3-8,13-14,16H2,1-2H3. The Labute approximate surface area is 172 Å². The van der Waals surface area contributed by atoms with Crippen LogP contribution in [0.3, 0.4) is 0 Å². The van der Waals surface area contributed by atoms with Crippen LogP contribution < -0.4 is 4.90 Å². The van der Waals surface area contributed by atoms with E-state index in [4.69, 9.17) is 12.2 Å². The average Bonchev–Trinajstić information content (AvgIpc) is 2.86. The number of thioether (sulfide) groups is 1. The lowest BCUT2D eigenvalue weighted by Crippen LogP contribution is -2.40. The summed E-state index contributed by atoms with van der Waals surface area (Å²) in [6.45, 7) is 9.05. The number of carbonyl (C=O) groups excluding carboxylic acids is 1. The van der Waals surface area contributed by atoms with E-state index < -0.39 is 0 Å². The number of anilines is 1. The molecule has 0 aromatic heterocycles. The second-order valence-corrected chi connectivity index (χ2v) is 8.72. The zero-order valence-corrected chi connectivity index (χ0v) is 18.0. The molecule has 6 heteroatoms. The molecule has 0 unspecified atom stereocenters. The summed E-state index contributed by atoms with van der Waals surface area (Å²) in [5, 5.41) is 0. The van der Waals surface area contributed by atoms with Gasteiger partial charge >= 0.3 is 0 Å². The quantitative estimate of drug-likeness (QED) is 0.512. The van der Waals surface area contributed by atoms with Gasteiger partial charge in [0.25, 0.3) is 5.91 Å². The lowest BCUT2D eigenvalue weighted by Gasteiger charge is -2.25. The highest BCUT2D eigenvalue weighted by molar-refractivity contribution is 8.26. The van der Waals surface area contributed by atoms with E-state index in [0.29, 0.717) is 11.0 Å². The summed E-state index contributed by atoms with van der Waals surface area (Å²) in [5.41, 5.74) is 2.26. The van der Waals surface area contributed by atoms with Crippen LogP contribution in [0.15, 0.2) is 29.2 Å². The number of likely N-dealkylation sites (tertiary alicyclic amines) is 1. The van der Waals surface area contributed by atoms with Crippen molar-refractivity contribution in [3.63, 3.8) is 0 Å². The lowest BCUT2D eigenvalue weighted by molar-refractivity contribution is -0.123. The predicted octanol–water partition coefficient (Wildman–Crippen LogP) is 4.57. The van der Waals surface area contributed by atoms with E-state index >= 15 is 0 Å². The molecule has 0 saturated carbocycles. The maximum atomic E-state index is 12.9. The van der Waals surface area contributed by atoms with Crippen LogP contribution in [0.1, 0.15) is 45.1 Å². The van der Waals surface area contributed by atoms with Gasteiger partial charge in [-0.3, -0.25) is 14.6 Å². The SMILES string of the molecule is CCN(CC)c1ccc(C=C2SC(=S)N(CN3CCCCCC3)C2=O)cc1. The van der Waals surface area contributed by atoms with E-state index in [1.54, 1.807) is 4.90 Å². The highest BCUT2D eigenvalue weighted by Crippen LogP contribution is 2.33. The molecular weight excluding hydrogens is 374 g/mol.